The molecule has 0 aliphatic carbocycles. The molecular formula is C19H18F3N5O2. The van der Waals surface area contributed by atoms with Crippen molar-refractivity contribution in [1.82, 2.24) is 24.5 Å². The van der Waals surface area contributed by atoms with Crippen LogP contribution in [-0.4, -0.2) is 48.6 Å². The number of phenols is 1. The van der Waals surface area contributed by atoms with E-state index in [-0.39, 0.29) is 29.7 Å². The Bertz CT molecular complexity index is 1070. The third kappa shape index (κ3) is 3.50. The molecule has 0 radical (unpaired) electrons. The zero-order valence-corrected chi connectivity index (χ0v) is 15.5. The average Bonchev–Trinajstić information content (AvgIpc) is 3.18. The van der Waals surface area contributed by atoms with Gasteiger partial charge in [0, 0.05) is 24.6 Å². The number of amides is 1. The Labute approximate surface area is 163 Å². The van der Waals surface area contributed by atoms with Gasteiger partial charge in [-0.15, -0.1) is 0 Å². The minimum atomic E-state index is -2.76. The zero-order valence-electron chi connectivity index (χ0n) is 15.5. The molecule has 2 atom stereocenters. The van der Waals surface area contributed by atoms with Gasteiger partial charge in [0.25, 0.3) is 18.1 Å². The van der Waals surface area contributed by atoms with Crippen LogP contribution < -0.4 is 0 Å². The van der Waals surface area contributed by atoms with Crippen molar-refractivity contribution < 1.29 is 23.1 Å². The van der Waals surface area contributed by atoms with Crippen molar-refractivity contribution in [3.63, 3.8) is 0 Å². The summed E-state index contributed by atoms with van der Waals surface area (Å²) in [4.78, 5) is 22.2. The number of aromatic hydroxyl groups is 1. The maximum Gasteiger partial charge on any atom is 0.280 e. The largest absolute Gasteiger partial charge is 0.505 e. The van der Waals surface area contributed by atoms with Crippen molar-refractivity contribution in [1.29, 1.82) is 0 Å². The Morgan fingerprint density at radius 2 is 2.10 bits per heavy atom. The number of nitrogens with zero attached hydrogens (tertiary/aromatic N) is 5. The number of hydrogen-bond acceptors (Lipinski definition) is 5. The van der Waals surface area contributed by atoms with Gasteiger partial charge in [0.05, 0.1) is 5.69 Å². The molecule has 10 heteroatoms. The van der Waals surface area contributed by atoms with Crippen molar-refractivity contribution in [2.75, 3.05) is 13.1 Å². The molecule has 1 aliphatic heterocycles. The molecule has 1 aliphatic rings. The molecule has 2 aromatic heterocycles. The fourth-order valence-electron chi connectivity index (χ4n) is 3.69. The molecule has 1 N–H and O–H groups in total. The van der Waals surface area contributed by atoms with Crippen LogP contribution in [-0.2, 0) is 0 Å². The highest BCUT2D eigenvalue weighted by molar-refractivity contribution is 5.94. The Kier molecular flexibility index (Phi) is 4.85. The topological polar surface area (TPSA) is 83.6 Å². The van der Waals surface area contributed by atoms with E-state index in [9.17, 15) is 23.1 Å². The van der Waals surface area contributed by atoms with E-state index in [0.29, 0.717) is 18.7 Å². The predicted molar refractivity (Wildman–Crippen MR) is 96.2 cm³/mol. The van der Waals surface area contributed by atoms with E-state index in [4.69, 9.17) is 0 Å². The second-order valence-electron chi connectivity index (χ2n) is 7.17. The summed E-state index contributed by atoms with van der Waals surface area (Å²) in [6, 6.07) is 4.78. The van der Waals surface area contributed by atoms with Crippen molar-refractivity contribution >= 4 is 11.7 Å². The minimum Gasteiger partial charge on any atom is -0.505 e. The van der Waals surface area contributed by atoms with Gasteiger partial charge in [0.2, 0.25) is 0 Å². The second-order valence-corrected chi connectivity index (χ2v) is 7.17. The van der Waals surface area contributed by atoms with Crippen LogP contribution in [0.25, 0.3) is 5.78 Å². The SMILES string of the molecule is CC1CCN(C(=O)c2ccc(O)c(F)c2)C[C@H]1c1cc(C(F)F)nc2ncnn12. The molecule has 4 rings (SSSR count). The third-order valence-corrected chi connectivity index (χ3v) is 5.34. The molecule has 152 valence electrons. The van der Waals surface area contributed by atoms with Crippen LogP contribution in [0.1, 0.15) is 47.4 Å². The van der Waals surface area contributed by atoms with Gasteiger partial charge in [0.1, 0.15) is 12.0 Å². The van der Waals surface area contributed by atoms with Gasteiger partial charge in [0.15, 0.2) is 11.6 Å². The molecule has 29 heavy (non-hydrogen) atoms. The van der Waals surface area contributed by atoms with Crippen LogP contribution in [0.4, 0.5) is 13.2 Å². The van der Waals surface area contributed by atoms with Crippen LogP contribution in [0.15, 0.2) is 30.6 Å². The van der Waals surface area contributed by atoms with Crippen LogP contribution >= 0.6 is 0 Å². The number of alkyl halides is 2. The van der Waals surface area contributed by atoms with Crippen LogP contribution in [0.5, 0.6) is 5.75 Å². The minimum absolute atomic E-state index is 0.0778. The number of carbonyl (C=O) groups is 1. The number of phenolic OH excluding ortho intramolecular Hbond substituents is 1. The molecule has 0 saturated carbocycles. The number of likely N-dealkylation sites (tertiary alicyclic amines) is 1. The summed E-state index contributed by atoms with van der Waals surface area (Å²) in [5.74, 6) is -1.91. The van der Waals surface area contributed by atoms with E-state index >= 15 is 0 Å². The van der Waals surface area contributed by atoms with Gasteiger partial charge in [-0.1, -0.05) is 6.92 Å². The maximum absolute atomic E-state index is 13.7. The quantitative estimate of drug-likeness (QED) is 0.724. The normalized spacial score (nSPS) is 19.8. The van der Waals surface area contributed by atoms with E-state index in [0.717, 1.165) is 12.1 Å². The first-order chi connectivity index (χ1) is 13.8. The van der Waals surface area contributed by atoms with E-state index in [2.05, 4.69) is 15.1 Å². The summed E-state index contributed by atoms with van der Waals surface area (Å²) in [5.41, 5.74) is 0.226. The highest BCUT2D eigenvalue weighted by Crippen LogP contribution is 2.34. The number of halogens is 3. The number of benzene rings is 1. The molecule has 0 spiro atoms. The Morgan fingerprint density at radius 1 is 1.31 bits per heavy atom. The molecule has 3 heterocycles. The van der Waals surface area contributed by atoms with Crippen LogP contribution in [0.2, 0.25) is 0 Å². The average molecular weight is 405 g/mol. The number of aromatic nitrogens is 4. The lowest BCUT2D eigenvalue weighted by atomic mass is 9.84. The lowest BCUT2D eigenvalue weighted by Gasteiger charge is -2.37. The summed E-state index contributed by atoms with van der Waals surface area (Å²) < 4.78 is 41.7. The van der Waals surface area contributed by atoms with E-state index in [1.165, 1.54) is 23.0 Å². The highest BCUT2D eigenvalue weighted by Gasteiger charge is 2.33. The first-order valence-corrected chi connectivity index (χ1v) is 9.11. The van der Waals surface area contributed by atoms with Gasteiger partial charge in [-0.3, -0.25) is 4.79 Å². The smallest absolute Gasteiger partial charge is 0.280 e. The Morgan fingerprint density at radius 3 is 2.83 bits per heavy atom. The van der Waals surface area contributed by atoms with Crippen LogP contribution in [0, 0.1) is 11.7 Å². The number of fused-ring (bicyclic) bond motifs is 1. The Hall–Kier alpha value is -3.17. The maximum atomic E-state index is 13.7. The fourth-order valence-corrected chi connectivity index (χ4v) is 3.69. The lowest BCUT2D eigenvalue weighted by molar-refractivity contribution is 0.0665. The number of hydrogen-bond donors (Lipinski definition) is 1. The first kappa shape index (κ1) is 19.2. The van der Waals surface area contributed by atoms with Crippen LogP contribution in [0.3, 0.4) is 0 Å². The summed E-state index contributed by atoms with van der Waals surface area (Å²) in [7, 11) is 0. The summed E-state index contributed by atoms with van der Waals surface area (Å²) in [6.07, 6.45) is -0.872. The first-order valence-electron chi connectivity index (χ1n) is 9.11. The summed E-state index contributed by atoms with van der Waals surface area (Å²) in [6.45, 7) is 2.69. The highest BCUT2D eigenvalue weighted by atomic mass is 19.3. The zero-order chi connectivity index (χ0) is 20.7. The van der Waals surface area contributed by atoms with Gasteiger partial charge in [-0.2, -0.15) is 10.1 Å². The van der Waals surface area contributed by atoms with Crippen molar-refractivity contribution in [3.8, 4) is 5.75 Å². The standard InChI is InChI=1S/C19H18F3N5O2/c1-10-4-5-26(18(29)11-2-3-16(28)13(20)6-11)8-12(10)15-7-14(17(21)22)25-19-23-9-24-27(15)19/h2-3,6-7,9-10,12,17,28H,4-5,8H2,1H3/t10?,12-/m1/s1. The molecule has 1 saturated heterocycles. The van der Waals surface area contributed by atoms with Crippen molar-refractivity contribution in [2.45, 2.75) is 25.7 Å². The number of carbonyl (C=O) groups excluding carboxylic acids is 1. The van der Waals surface area contributed by atoms with Gasteiger partial charge in [-0.05, 0) is 36.6 Å². The van der Waals surface area contributed by atoms with Crippen molar-refractivity contribution in [3.05, 3.63) is 53.4 Å². The predicted octanol–water partition coefficient (Wildman–Crippen LogP) is 3.17. The molecule has 1 unspecified atom stereocenters. The van der Waals surface area contributed by atoms with E-state index in [1.807, 2.05) is 6.92 Å². The van der Waals surface area contributed by atoms with Gasteiger partial charge < -0.3 is 10.0 Å². The number of piperidine rings is 1. The Balaban J connectivity index is 1.68. The molecule has 1 amide bonds. The monoisotopic (exact) mass is 405 g/mol. The van der Waals surface area contributed by atoms with E-state index in [1.54, 1.807) is 4.90 Å². The van der Waals surface area contributed by atoms with Gasteiger partial charge in [-0.25, -0.2) is 22.7 Å². The van der Waals surface area contributed by atoms with Crippen molar-refractivity contribution in [2.24, 2.45) is 5.92 Å². The summed E-state index contributed by atoms with van der Waals surface area (Å²) >= 11 is 0. The van der Waals surface area contributed by atoms with Gasteiger partial charge >= 0.3 is 0 Å². The third-order valence-electron chi connectivity index (χ3n) is 5.34. The fraction of sp³-hybridized carbons (Fsp3) is 0.368. The molecule has 3 aromatic rings. The molecule has 0 bridgehead atoms. The lowest BCUT2D eigenvalue weighted by Crippen LogP contribution is -2.42. The number of rotatable bonds is 3. The molecule has 1 fully saturated rings. The second kappa shape index (κ2) is 7.34. The summed E-state index contributed by atoms with van der Waals surface area (Å²) in [5, 5.41) is 13.4. The molecule has 7 nitrogen and oxygen atoms in total. The molecule has 1 aromatic carbocycles. The molecular weight excluding hydrogens is 387 g/mol. The van der Waals surface area contributed by atoms with E-state index < -0.39 is 29.6 Å².